The summed E-state index contributed by atoms with van der Waals surface area (Å²) in [5, 5.41) is 8.47. The molecule has 0 spiro atoms. The van der Waals surface area contributed by atoms with Crippen LogP contribution in [0.25, 0.3) is 0 Å². The summed E-state index contributed by atoms with van der Waals surface area (Å²) in [4.78, 5) is 0. The Morgan fingerprint density at radius 3 is 2.33 bits per heavy atom. The van der Waals surface area contributed by atoms with Gasteiger partial charge in [-0.3, -0.25) is 0 Å². The SMILES string of the molecule is C=C(OCCCCO)C(S)(S)S. The maximum Gasteiger partial charge on any atom is 0.155 e. The van der Waals surface area contributed by atoms with E-state index in [0.29, 0.717) is 12.4 Å². The Hall–Kier alpha value is 0.550. The normalized spacial score (nSPS) is 11.3. The molecule has 1 N–H and O–H groups in total. The zero-order chi connectivity index (χ0) is 9.61. The molecule has 2 nitrogen and oxygen atoms in total. The first-order valence-electron chi connectivity index (χ1n) is 3.58. The number of aliphatic hydroxyl groups is 1. The monoisotopic (exact) mass is 226 g/mol. The summed E-state index contributed by atoms with van der Waals surface area (Å²) >= 11 is 12.1. The first kappa shape index (κ1) is 12.6. The molecule has 72 valence electrons. The minimum absolute atomic E-state index is 0.184. The van der Waals surface area contributed by atoms with E-state index in [2.05, 4.69) is 44.5 Å². The molecule has 0 heterocycles. The predicted molar refractivity (Wildman–Crippen MR) is 61.1 cm³/mol. The van der Waals surface area contributed by atoms with E-state index in [1.54, 1.807) is 0 Å². The van der Waals surface area contributed by atoms with E-state index >= 15 is 0 Å². The molecule has 12 heavy (non-hydrogen) atoms. The molecule has 5 heteroatoms. The molecule has 0 aliphatic carbocycles. The van der Waals surface area contributed by atoms with Crippen molar-refractivity contribution in [3.05, 3.63) is 12.3 Å². The molecule has 0 amide bonds. The summed E-state index contributed by atoms with van der Waals surface area (Å²) in [7, 11) is 0. The molecule has 0 rings (SSSR count). The van der Waals surface area contributed by atoms with E-state index in [-0.39, 0.29) is 6.61 Å². The van der Waals surface area contributed by atoms with E-state index in [0.717, 1.165) is 12.8 Å². The molecular weight excluding hydrogens is 212 g/mol. The lowest BCUT2D eigenvalue weighted by Crippen LogP contribution is -2.10. The summed E-state index contributed by atoms with van der Waals surface area (Å²) in [6.45, 7) is 4.31. The van der Waals surface area contributed by atoms with Crippen LogP contribution in [0.15, 0.2) is 12.3 Å². The quantitative estimate of drug-likeness (QED) is 0.240. The Labute approximate surface area is 89.6 Å². The molecule has 0 unspecified atom stereocenters. The molecule has 0 atom stereocenters. The van der Waals surface area contributed by atoms with Gasteiger partial charge >= 0.3 is 0 Å². The van der Waals surface area contributed by atoms with Crippen LogP contribution in [0.1, 0.15) is 12.8 Å². The van der Waals surface area contributed by atoms with Crippen LogP contribution in [-0.4, -0.2) is 21.7 Å². The number of aliphatic hydroxyl groups excluding tert-OH is 1. The molecule has 0 aromatic rings. The Bertz CT molecular complexity index is 142. The summed E-state index contributed by atoms with van der Waals surface area (Å²) in [5.74, 6) is 0.412. The Balaban J connectivity index is 3.45. The molecule has 0 aromatic carbocycles. The van der Waals surface area contributed by atoms with E-state index in [1.165, 1.54) is 0 Å². The lowest BCUT2D eigenvalue weighted by molar-refractivity contribution is 0.192. The first-order valence-corrected chi connectivity index (χ1v) is 4.93. The fourth-order valence-corrected chi connectivity index (χ4v) is 0.700. The fourth-order valence-electron chi connectivity index (χ4n) is 0.506. The van der Waals surface area contributed by atoms with Crippen molar-refractivity contribution in [2.75, 3.05) is 13.2 Å². The van der Waals surface area contributed by atoms with Crippen molar-refractivity contribution in [3.8, 4) is 0 Å². The lowest BCUT2D eigenvalue weighted by atomic mass is 10.3. The van der Waals surface area contributed by atoms with Gasteiger partial charge in [-0.05, 0) is 12.8 Å². The third kappa shape index (κ3) is 6.11. The average Bonchev–Trinajstić information content (AvgIpc) is 1.96. The molecule has 0 saturated heterocycles. The highest BCUT2D eigenvalue weighted by atomic mass is 32.2. The molecule has 0 fully saturated rings. The third-order valence-electron chi connectivity index (χ3n) is 1.20. The summed E-state index contributed by atoms with van der Waals surface area (Å²) in [6.07, 6.45) is 1.52. The molecule has 0 saturated carbocycles. The summed E-state index contributed by atoms with van der Waals surface area (Å²) in [5.41, 5.74) is 0. The maximum atomic E-state index is 8.47. The van der Waals surface area contributed by atoms with Gasteiger partial charge in [0.2, 0.25) is 0 Å². The Morgan fingerprint density at radius 1 is 1.33 bits per heavy atom. The number of rotatable bonds is 6. The van der Waals surface area contributed by atoms with Crippen LogP contribution in [0.2, 0.25) is 0 Å². The largest absolute Gasteiger partial charge is 0.495 e. The van der Waals surface area contributed by atoms with Crippen LogP contribution in [0.4, 0.5) is 0 Å². The van der Waals surface area contributed by atoms with Gasteiger partial charge in [0.1, 0.15) is 5.76 Å². The van der Waals surface area contributed by atoms with Crippen molar-refractivity contribution in [1.29, 1.82) is 0 Å². The third-order valence-corrected chi connectivity index (χ3v) is 1.95. The number of hydrogen-bond acceptors (Lipinski definition) is 5. The van der Waals surface area contributed by atoms with Crippen molar-refractivity contribution < 1.29 is 9.84 Å². The maximum absolute atomic E-state index is 8.47. The lowest BCUT2D eigenvalue weighted by Gasteiger charge is -2.19. The van der Waals surface area contributed by atoms with Crippen molar-refractivity contribution in [2.45, 2.75) is 16.3 Å². The van der Waals surface area contributed by atoms with E-state index in [9.17, 15) is 0 Å². The van der Waals surface area contributed by atoms with Gasteiger partial charge in [0, 0.05) is 6.61 Å². The van der Waals surface area contributed by atoms with Gasteiger partial charge < -0.3 is 9.84 Å². The van der Waals surface area contributed by atoms with E-state index in [4.69, 9.17) is 9.84 Å². The Morgan fingerprint density at radius 2 is 1.92 bits per heavy atom. The zero-order valence-corrected chi connectivity index (χ0v) is 9.42. The molecular formula is C7H14O2S3. The smallest absolute Gasteiger partial charge is 0.155 e. The number of ether oxygens (including phenoxy) is 1. The minimum atomic E-state index is -0.890. The van der Waals surface area contributed by atoms with Crippen LogP contribution >= 0.6 is 37.9 Å². The molecule has 0 aliphatic heterocycles. The zero-order valence-electron chi connectivity index (χ0n) is 6.73. The van der Waals surface area contributed by atoms with Gasteiger partial charge in [-0.1, -0.05) is 6.58 Å². The minimum Gasteiger partial charge on any atom is -0.495 e. The molecule has 0 aliphatic rings. The van der Waals surface area contributed by atoms with Crippen molar-refractivity contribution in [2.24, 2.45) is 0 Å². The van der Waals surface area contributed by atoms with Gasteiger partial charge in [-0.25, -0.2) is 0 Å². The fraction of sp³-hybridized carbons (Fsp3) is 0.714. The predicted octanol–water partition coefficient (Wildman–Crippen LogP) is 1.73. The summed E-state index contributed by atoms with van der Waals surface area (Å²) in [6, 6.07) is 0. The molecule has 0 bridgehead atoms. The van der Waals surface area contributed by atoms with Gasteiger partial charge in [0.25, 0.3) is 0 Å². The highest BCUT2D eigenvalue weighted by molar-refractivity contribution is 8.17. The molecule has 0 aromatic heterocycles. The standard InChI is InChI=1S/C7H14O2S3/c1-6(7(10,11)12)9-5-3-2-4-8/h8,10-12H,1-5H2. The van der Waals surface area contributed by atoms with Gasteiger partial charge in [0.15, 0.2) is 3.41 Å². The van der Waals surface area contributed by atoms with Crippen LogP contribution < -0.4 is 0 Å². The second kappa shape index (κ2) is 6.07. The highest BCUT2D eigenvalue weighted by Crippen LogP contribution is 2.32. The second-order valence-corrected chi connectivity index (χ2v) is 5.41. The van der Waals surface area contributed by atoms with Crippen molar-refractivity contribution >= 4 is 37.9 Å². The van der Waals surface area contributed by atoms with Gasteiger partial charge in [0.05, 0.1) is 6.61 Å². The van der Waals surface area contributed by atoms with Crippen LogP contribution in [0.5, 0.6) is 0 Å². The number of unbranched alkanes of at least 4 members (excludes halogenated alkanes) is 1. The first-order chi connectivity index (χ1) is 5.48. The Kier molecular flexibility index (Phi) is 6.35. The average molecular weight is 226 g/mol. The molecule has 0 radical (unpaired) electrons. The van der Waals surface area contributed by atoms with Crippen LogP contribution in [0, 0.1) is 0 Å². The number of thiol groups is 3. The van der Waals surface area contributed by atoms with Crippen molar-refractivity contribution in [1.82, 2.24) is 0 Å². The van der Waals surface area contributed by atoms with Crippen LogP contribution in [0.3, 0.4) is 0 Å². The second-order valence-electron chi connectivity index (χ2n) is 2.34. The van der Waals surface area contributed by atoms with Crippen LogP contribution in [-0.2, 0) is 4.74 Å². The van der Waals surface area contributed by atoms with Gasteiger partial charge in [-0.2, -0.15) is 0 Å². The van der Waals surface area contributed by atoms with E-state index in [1.807, 2.05) is 0 Å². The van der Waals surface area contributed by atoms with E-state index < -0.39 is 3.41 Å². The number of hydrogen-bond donors (Lipinski definition) is 4. The highest BCUT2D eigenvalue weighted by Gasteiger charge is 2.19. The summed E-state index contributed by atoms with van der Waals surface area (Å²) < 4.78 is 4.28. The van der Waals surface area contributed by atoms with Crippen molar-refractivity contribution in [3.63, 3.8) is 0 Å². The van der Waals surface area contributed by atoms with Gasteiger partial charge in [-0.15, -0.1) is 37.9 Å². The topological polar surface area (TPSA) is 29.5 Å².